The van der Waals surface area contributed by atoms with Gasteiger partial charge in [-0.1, -0.05) is 44.5 Å². The van der Waals surface area contributed by atoms with Crippen molar-refractivity contribution in [2.45, 2.75) is 77.3 Å². The van der Waals surface area contributed by atoms with Crippen molar-refractivity contribution in [3.63, 3.8) is 0 Å². The number of fused-ring (bicyclic) bond motifs is 5. The van der Waals surface area contributed by atoms with Crippen LogP contribution in [0, 0.1) is 34.4 Å². The highest BCUT2D eigenvalue weighted by Crippen LogP contribution is 2.64. The lowest BCUT2D eigenvalue weighted by atomic mass is 9.48. The number of nitrogens with zero attached hydrogens (tertiary/aromatic N) is 1. The molecule has 5 heteroatoms. The van der Waals surface area contributed by atoms with Crippen molar-refractivity contribution in [1.82, 2.24) is 4.90 Å². The minimum absolute atomic E-state index is 0.174. The van der Waals surface area contributed by atoms with Crippen molar-refractivity contribution >= 4 is 11.8 Å². The molecule has 2 unspecified atom stereocenters. The van der Waals surface area contributed by atoms with Gasteiger partial charge in [-0.15, -0.1) is 0 Å². The van der Waals surface area contributed by atoms with Crippen molar-refractivity contribution in [2.75, 3.05) is 0 Å². The molecule has 7 atom stereocenters. The second-order valence-electron chi connectivity index (χ2n) is 11.4. The van der Waals surface area contributed by atoms with Gasteiger partial charge in [-0.05, 0) is 80.8 Å². The third kappa shape index (κ3) is 2.78. The molecule has 172 valence electrons. The molecule has 2 amide bonds. The number of rotatable bonds is 3. The largest absolute Gasteiger partial charge is 0.367 e. The number of halogens is 1. The molecule has 5 rings (SSSR count). The van der Waals surface area contributed by atoms with Crippen LogP contribution in [-0.4, -0.2) is 22.8 Å². The summed E-state index contributed by atoms with van der Waals surface area (Å²) in [6.45, 7) is 6.35. The van der Waals surface area contributed by atoms with Gasteiger partial charge in [-0.2, -0.15) is 0 Å². The van der Waals surface area contributed by atoms with E-state index in [1.165, 1.54) is 31.7 Å². The minimum atomic E-state index is -1.54. The third-order valence-electron chi connectivity index (χ3n) is 10.0. The topological polar surface area (TPSA) is 63.4 Å². The van der Waals surface area contributed by atoms with Crippen molar-refractivity contribution in [2.24, 2.45) is 34.3 Å². The highest BCUT2D eigenvalue weighted by atomic mass is 19.1. The molecule has 0 spiro atoms. The Morgan fingerprint density at radius 3 is 2.59 bits per heavy atom. The first kappa shape index (κ1) is 21.7. The second-order valence-corrected chi connectivity index (χ2v) is 11.4. The maximum absolute atomic E-state index is 14.9. The number of hydrogen-bond donors (Lipinski definition) is 1. The van der Waals surface area contributed by atoms with Gasteiger partial charge in [0, 0.05) is 17.0 Å². The molecule has 0 radical (unpaired) electrons. The van der Waals surface area contributed by atoms with E-state index in [9.17, 15) is 14.0 Å². The number of amides is 2. The SMILES string of the molecule is CC(C(N)=O)(c1ccccc1F)N1C(=O)C=C[C@@]2(C)C1CC[C@@H]1[C@H]2CC[C@]2(C)CCC[C@@H]12. The van der Waals surface area contributed by atoms with Crippen LogP contribution in [0.1, 0.15) is 71.3 Å². The van der Waals surface area contributed by atoms with E-state index in [-0.39, 0.29) is 22.9 Å². The Morgan fingerprint density at radius 2 is 1.88 bits per heavy atom. The van der Waals surface area contributed by atoms with Crippen molar-refractivity contribution in [1.29, 1.82) is 0 Å². The quantitative estimate of drug-likeness (QED) is 0.728. The average Bonchev–Trinajstić information content (AvgIpc) is 3.15. The summed E-state index contributed by atoms with van der Waals surface area (Å²) in [5.41, 5.74) is 4.76. The van der Waals surface area contributed by atoms with Crippen LogP contribution in [0.25, 0.3) is 0 Å². The Labute approximate surface area is 190 Å². The summed E-state index contributed by atoms with van der Waals surface area (Å²) in [5.74, 6) is 0.394. The number of benzene rings is 1. The highest BCUT2D eigenvalue weighted by Gasteiger charge is 2.61. The van der Waals surface area contributed by atoms with Gasteiger partial charge in [0.25, 0.3) is 0 Å². The first-order chi connectivity index (χ1) is 15.1. The van der Waals surface area contributed by atoms with Crippen molar-refractivity contribution in [3.05, 3.63) is 47.8 Å². The van der Waals surface area contributed by atoms with E-state index >= 15 is 0 Å². The molecule has 3 fully saturated rings. The van der Waals surface area contributed by atoms with Gasteiger partial charge < -0.3 is 10.6 Å². The first-order valence-corrected chi connectivity index (χ1v) is 12.2. The molecule has 1 aliphatic heterocycles. The van der Waals surface area contributed by atoms with Gasteiger partial charge in [0.1, 0.15) is 11.4 Å². The third-order valence-corrected chi connectivity index (χ3v) is 10.0. The van der Waals surface area contributed by atoms with E-state index in [1.807, 2.05) is 0 Å². The summed E-state index contributed by atoms with van der Waals surface area (Å²) in [6.07, 6.45) is 11.9. The lowest BCUT2D eigenvalue weighted by Gasteiger charge is -2.62. The Bertz CT molecular complexity index is 992. The molecular weight excluding hydrogens is 403 g/mol. The zero-order valence-electron chi connectivity index (χ0n) is 19.4. The van der Waals surface area contributed by atoms with Crippen LogP contribution in [0.2, 0.25) is 0 Å². The Morgan fingerprint density at radius 1 is 1.12 bits per heavy atom. The second kappa shape index (κ2) is 7.16. The molecule has 0 bridgehead atoms. The van der Waals surface area contributed by atoms with Crippen LogP contribution in [0.5, 0.6) is 0 Å². The predicted molar refractivity (Wildman–Crippen MR) is 122 cm³/mol. The highest BCUT2D eigenvalue weighted by molar-refractivity contribution is 5.96. The zero-order chi connectivity index (χ0) is 22.9. The van der Waals surface area contributed by atoms with Gasteiger partial charge in [0.2, 0.25) is 11.8 Å². The van der Waals surface area contributed by atoms with Gasteiger partial charge in [-0.25, -0.2) is 4.39 Å². The monoisotopic (exact) mass is 438 g/mol. The molecule has 4 nitrogen and oxygen atoms in total. The number of nitrogens with two attached hydrogens (primary N) is 1. The smallest absolute Gasteiger partial charge is 0.247 e. The Hall–Kier alpha value is -2.17. The summed E-state index contributed by atoms with van der Waals surface area (Å²) in [4.78, 5) is 27.9. The standard InChI is InChI=1S/C27H35FN2O2/c1-25-14-6-8-18(25)17-10-11-22-26(2,19(17)12-15-25)16-13-23(31)30(22)27(3,24(29)32)20-7-4-5-9-21(20)28/h4-5,7,9,13,16-19,22H,6,8,10-12,14-15H2,1-3H3,(H2,29,32)/t17-,18-,19+,22?,25-,26+,27?/m0/s1. The van der Waals surface area contributed by atoms with Crippen molar-refractivity contribution < 1.29 is 14.0 Å². The molecule has 1 aromatic carbocycles. The van der Waals surface area contributed by atoms with Crippen LogP contribution in [0.3, 0.4) is 0 Å². The maximum atomic E-state index is 14.9. The molecule has 4 aliphatic rings. The number of primary amides is 1. The van der Waals surface area contributed by atoms with Crippen LogP contribution < -0.4 is 5.73 Å². The molecule has 0 aromatic heterocycles. The molecule has 1 aromatic rings. The van der Waals surface area contributed by atoms with E-state index < -0.39 is 17.3 Å². The fourth-order valence-electron chi connectivity index (χ4n) is 8.26. The first-order valence-electron chi connectivity index (χ1n) is 12.2. The molecule has 32 heavy (non-hydrogen) atoms. The molecule has 1 heterocycles. The summed E-state index contributed by atoms with van der Waals surface area (Å²) in [5, 5.41) is 0. The fourth-order valence-corrected chi connectivity index (χ4v) is 8.26. The number of hydrogen-bond acceptors (Lipinski definition) is 2. The summed E-state index contributed by atoms with van der Waals surface area (Å²) < 4.78 is 14.9. The van der Waals surface area contributed by atoms with Gasteiger partial charge >= 0.3 is 0 Å². The molecule has 3 saturated carbocycles. The summed E-state index contributed by atoms with van der Waals surface area (Å²) in [7, 11) is 0. The lowest BCUT2D eigenvalue weighted by molar-refractivity contribution is -0.160. The van der Waals surface area contributed by atoms with Crippen LogP contribution in [0.15, 0.2) is 36.4 Å². The molecule has 0 saturated heterocycles. The lowest BCUT2D eigenvalue weighted by Crippen LogP contribution is -2.67. The zero-order valence-corrected chi connectivity index (χ0v) is 19.4. The van der Waals surface area contributed by atoms with Gasteiger partial charge in [-0.3, -0.25) is 9.59 Å². The van der Waals surface area contributed by atoms with Gasteiger partial charge in [0.05, 0.1) is 0 Å². The predicted octanol–water partition coefficient (Wildman–Crippen LogP) is 4.93. The molecule has 2 N–H and O–H groups in total. The Kier molecular flexibility index (Phi) is 4.85. The van der Waals surface area contributed by atoms with E-state index in [0.29, 0.717) is 17.3 Å². The normalized spacial score (nSPS) is 40.2. The van der Waals surface area contributed by atoms with E-state index in [4.69, 9.17) is 5.73 Å². The average molecular weight is 439 g/mol. The van der Waals surface area contributed by atoms with Crippen LogP contribution in [0.4, 0.5) is 4.39 Å². The van der Waals surface area contributed by atoms with E-state index in [2.05, 4.69) is 19.9 Å². The molecular formula is C27H35FN2O2. The minimum Gasteiger partial charge on any atom is -0.367 e. The van der Waals surface area contributed by atoms with E-state index in [0.717, 1.165) is 25.2 Å². The van der Waals surface area contributed by atoms with Crippen molar-refractivity contribution in [3.8, 4) is 0 Å². The summed E-state index contributed by atoms with van der Waals surface area (Å²) >= 11 is 0. The number of carbonyl (C=O) groups is 2. The number of carbonyl (C=O) groups excluding carboxylic acids is 2. The molecule has 3 aliphatic carbocycles. The Balaban J connectivity index is 1.59. The fraction of sp³-hybridized carbons (Fsp3) is 0.630. The maximum Gasteiger partial charge on any atom is 0.247 e. The van der Waals surface area contributed by atoms with Gasteiger partial charge in [0.15, 0.2) is 0 Å². The van der Waals surface area contributed by atoms with Crippen LogP contribution >= 0.6 is 0 Å². The van der Waals surface area contributed by atoms with Crippen LogP contribution in [-0.2, 0) is 15.1 Å². The summed E-state index contributed by atoms with van der Waals surface area (Å²) in [6, 6.07) is 6.03. The van der Waals surface area contributed by atoms with E-state index in [1.54, 1.807) is 36.1 Å².